The number of carbonyl (C=O) groups is 2. The minimum atomic E-state index is -0.371. The predicted molar refractivity (Wildman–Crippen MR) is 103 cm³/mol. The van der Waals surface area contributed by atoms with Crippen molar-refractivity contribution in [1.29, 1.82) is 0 Å². The SMILES string of the molecule is CCCCNC(=O)N1CC[C@@]2(CCCN(Cc3cccc(C)c3)C2=O)C1. The maximum Gasteiger partial charge on any atom is 0.317 e. The third kappa shape index (κ3) is 4.02. The lowest BCUT2D eigenvalue weighted by Crippen LogP contribution is -2.50. The highest BCUT2D eigenvalue weighted by atomic mass is 16.2. The first-order valence-electron chi connectivity index (χ1n) is 9.92. The predicted octanol–water partition coefficient (Wildman–Crippen LogP) is 3.32. The molecule has 0 unspecified atom stereocenters. The molecule has 142 valence electrons. The number of urea groups is 1. The first kappa shape index (κ1) is 18.7. The first-order chi connectivity index (χ1) is 12.5. The van der Waals surface area contributed by atoms with Crippen molar-refractivity contribution in [3.8, 4) is 0 Å². The summed E-state index contributed by atoms with van der Waals surface area (Å²) >= 11 is 0. The molecule has 1 atom stereocenters. The summed E-state index contributed by atoms with van der Waals surface area (Å²) in [6, 6.07) is 8.35. The number of nitrogens with zero attached hydrogens (tertiary/aromatic N) is 2. The Morgan fingerprint density at radius 3 is 2.88 bits per heavy atom. The Morgan fingerprint density at radius 2 is 2.12 bits per heavy atom. The van der Waals surface area contributed by atoms with Crippen LogP contribution in [-0.4, -0.2) is 47.9 Å². The van der Waals surface area contributed by atoms with Gasteiger partial charge < -0.3 is 15.1 Å². The number of likely N-dealkylation sites (tertiary alicyclic amines) is 2. The van der Waals surface area contributed by atoms with Crippen LogP contribution >= 0.6 is 0 Å². The van der Waals surface area contributed by atoms with Crippen molar-refractivity contribution >= 4 is 11.9 Å². The molecule has 0 saturated carbocycles. The van der Waals surface area contributed by atoms with Crippen molar-refractivity contribution in [2.24, 2.45) is 5.41 Å². The summed E-state index contributed by atoms with van der Waals surface area (Å²) in [5, 5.41) is 2.98. The van der Waals surface area contributed by atoms with Crippen LogP contribution in [0.5, 0.6) is 0 Å². The summed E-state index contributed by atoms with van der Waals surface area (Å²) in [6.07, 6.45) is 4.76. The number of carbonyl (C=O) groups excluding carboxylic acids is 2. The zero-order valence-corrected chi connectivity index (χ0v) is 16.1. The van der Waals surface area contributed by atoms with E-state index in [2.05, 4.69) is 37.4 Å². The Morgan fingerprint density at radius 1 is 1.27 bits per heavy atom. The molecule has 1 N–H and O–H groups in total. The summed E-state index contributed by atoms with van der Waals surface area (Å²) in [7, 11) is 0. The van der Waals surface area contributed by atoms with E-state index >= 15 is 0 Å². The van der Waals surface area contributed by atoms with Crippen molar-refractivity contribution in [3.05, 3.63) is 35.4 Å². The monoisotopic (exact) mass is 357 g/mol. The average Bonchev–Trinajstić information content (AvgIpc) is 3.05. The topological polar surface area (TPSA) is 52.7 Å². The third-order valence-corrected chi connectivity index (χ3v) is 5.73. The minimum Gasteiger partial charge on any atom is -0.338 e. The van der Waals surface area contributed by atoms with E-state index in [9.17, 15) is 9.59 Å². The molecule has 2 aliphatic heterocycles. The zero-order valence-electron chi connectivity index (χ0n) is 16.1. The molecule has 5 heteroatoms. The Bertz CT molecular complexity index is 660. The number of benzene rings is 1. The Kier molecular flexibility index (Phi) is 5.84. The maximum absolute atomic E-state index is 13.2. The van der Waals surface area contributed by atoms with E-state index in [1.807, 2.05) is 15.9 Å². The van der Waals surface area contributed by atoms with Gasteiger partial charge in [0.2, 0.25) is 5.91 Å². The third-order valence-electron chi connectivity index (χ3n) is 5.73. The number of piperidine rings is 1. The molecule has 2 aliphatic rings. The summed E-state index contributed by atoms with van der Waals surface area (Å²) in [5.41, 5.74) is 2.03. The van der Waals surface area contributed by atoms with Crippen molar-refractivity contribution in [2.75, 3.05) is 26.2 Å². The van der Waals surface area contributed by atoms with Gasteiger partial charge in [0.1, 0.15) is 0 Å². The summed E-state index contributed by atoms with van der Waals surface area (Å²) in [4.78, 5) is 29.4. The summed E-state index contributed by atoms with van der Waals surface area (Å²) in [5.74, 6) is 0.231. The van der Waals surface area contributed by atoms with Crippen LogP contribution in [0.4, 0.5) is 4.79 Å². The van der Waals surface area contributed by atoms with Gasteiger partial charge in [-0.1, -0.05) is 43.2 Å². The second kappa shape index (κ2) is 8.11. The van der Waals surface area contributed by atoms with Gasteiger partial charge in [-0.3, -0.25) is 4.79 Å². The van der Waals surface area contributed by atoms with E-state index in [1.165, 1.54) is 11.1 Å². The van der Waals surface area contributed by atoms with Crippen LogP contribution in [0, 0.1) is 12.3 Å². The van der Waals surface area contributed by atoms with E-state index in [0.717, 1.165) is 38.6 Å². The normalized spacial score (nSPS) is 22.9. The number of amides is 3. The molecule has 2 saturated heterocycles. The van der Waals surface area contributed by atoms with Crippen molar-refractivity contribution in [3.63, 3.8) is 0 Å². The highest BCUT2D eigenvalue weighted by molar-refractivity contribution is 5.85. The molecule has 5 nitrogen and oxygen atoms in total. The van der Waals surface area contributed by atoms with E-state index in [0.29, 0.717) is 26.2 Å². The minimum absolute atomic E-state index is 0.0149. The van der Waals surface area contributed by atoms with Gasteiger partial charge in [0, 0.05) is 32.7 Å². The molecule has 0 radical (unpaired) electrons. The molecule has 1 aromatic carbocycles. The fourth-order valence-corrected chi connectivity index (χ4v) is 4.24. The second-order valence-electron chi connectivity index (χ2n) is 7.86. The van der Waals surface area contributed by atoms with Crippen LogP contribution in [0.1, 0.15) is 50.2 Å². The van der Waals surface area contributed by atoms with Crippen molar-refractivity contribution in [1.82, 2.24) is 15.1 Å². The average molecular weight is 357 g/mol. The molecule has 2 heterocycles. The molecule has 1 aromatic rings. The number of nitrogens with one attached hydrogen (secondary N) is 1. The molecular weight excluding hydrogens is 326 g/mol. The molecule has 0 bridgehead atoms. The van der Waals surface area contributed by atoms with Crippen molar-refractivity contribution in [2.45, 2.75) is 52.5 Å². The van der Waals surface area contributed by atoms with Gasteiger partial charge in [-0.2, -0.15) is 0 Å². The van der Waals surface area contributed by atoms with Gasteiger partial charge in [-0.25, -0.2) is 4.79 Å². The fourth-order valence-electron chi connectivity index (χ4n) is 4.24. The largest absolute Gasteiger partial charge is 0.338 e. The molecule has 3 rings (SSSR count). The standard InChI is InChI=1S/C21H31N3O2/c1-3-4-11-22-20(26)24-13-10-21(16-24)9-6-12-23(19(21)25)15-18-8-5-7-17(2)14-18/h5,7-8,14H,3-4,6,9-13,15-16H2,1-2H3,(H,22,26)/t21-/m0/s1. The number of unbranched alkanes of at least 4 members (excludes halogenated alkanes) is 1. The van der Waals surface area contributed by atoms with Crippen LogP contribution in [0.15, 0.2) is 24.3 Å². The quantitative estimate of drug-likeness (QED) is 0.822. The zero-order chi connectivity index (χ0) is 18.6. The van der Waals surface area contributed by atoms with Crippen LogP contribution < -0.4 is 5.32 Å². The van der Waals surface area contributed by atoms with E-state index < -0.39 is 0 Å². The fraction of sp³-hybridized carbons (Fsp3) is 0.619. The van der Waals surface area contributed by atoms with Crippen LogP contribution in [-0.2, 0) is 11.3 Å². The van der Waals surface area contributed by atoms with Crippen LogP contribution in [0.25, 0.3) is 0 Å². The lowest BCUT2D eigenvalue weighted by atomic mass is 9.78. The number of rotatable bonds is 5. The smallest absolute Gasteiger partial charge is 0.317 e. The maximum atomic E-state index is 13.2. The molecule has 0 aliphatic carbocycles. The first-order valence-corrected chi connectivity index (χ1v) is 9.92. The van der Waals surface area contributed by atoms with Gasteiger partial charge in [-0.05, 0) is 38.2 Å². The summed E-state index contributed by atoms with van der Waals surface area (Å²) < 4.78 is 0. The molecule has 3 amide bonds. The highest BCUT2D eigenvalue weighted by Gasteiger charge is 2.49. The number of hydrogen-bond donors (Lipinski definition) is 1. The second-order valence-corrected chi connectivity index (χ2v) is 7.86. The van der Waals surface area contributed by atoms with Gasteiger partial charge >= 0.3 is 6.03 Å². The van der Waals surface area contributed by atoms with Gasteiger partial charge in [-0.15, -0.1) is 0 Å². The molecule has 0 aromatic heterocycles. The number of hydrogen-bond acceptors (Lipinski definition) is 2. The molecule has 26 heavy (non-hydrogen) atoms. The van der Waals surface area contributed by atoms with Crippen LogP contribution in [0.3, 0.4) is 0 Å². The van der Waals surface area contributed by atoms with E-state index in [-0.39, 0.29) is 17.4 Å². The van der Waals surface area contributed by atoms with Gasteiger partial charge in [0.05, 0.1) is 5.41 Å². The summed E-state index contributed by atoms with van der Waals surface area (Å²) in [6.45, 7) is 7.64. The lowest BCUT2D eigenvalue weighted by Gasteiger charge is -2.39. The Hall–Kier alpha value is -2.04. The molecule has 2 fully saturated rings. The molecule has 1 spiro atoms. The Labute approximate surface area is 156 Å². The van der Waals surface area contributed by atoms with Gasteiger partial charge in [0.15, 0.2) is 0 Å². The molecular formula is C21H31N3O2. The highest BCUT2D eigenvalue weighted by Crippen LogP contribution is 2.40. The van der Waals surface area contributed by atoms with Gasteiger partial charge in [0.25, 0.3) is 0 Å². The number of aryl methyl sites for hydroxylation is 1. The van der Waals surface area contributed by atoms with E-state index in [1.54, 1.807) is 0 Å². The van der Waals surface area contributed by atoms with Crippen molar-refractivity contribution < 1.29 is 9.59 Å². The lowest BCUT2D eigenvalue weighted by molar-refractivity contribution is -0.146. The van der Waals surface area contributed by atoms with Crippen LogP contribution in [0.2, 0.25) is 0 Å². The van der Waals surface area contributed by atoms with E-state index in [4.69, 9.17) is 0 Å². The Balaban J connectivity index is 1.63.